The normalized spacial score (nSPS) is 11.2. The zero-order chi connectivity index (χ0) is 18.7. The summed E-state index contributed by atoms with van der Waals surface area (Å²) in [6.07, 6.45) is 2.98. The zero-order valence-corrected chi connectivity index (χ0v) is 15.1. The highest BCUT2D eigenvalue weighted by Crippen LogP contribution is 2.11. The molecule has 0 radical (unpaired) electrons. The van der Waals surface area contributed by atoms with Crippen LogP contribution in [0.5, 0.6) is 0 Å². The molecule has 1 aromatic carbocycles. The minimum absolute atomic E-state index is 0.0215. The van der Waals surface area contributed by atoms with Crippen molar-refractivity contribution in [2.24, 2.45) is 5.10 Å². The summed E-state index contributed by atoms with van der Waals surface area (Å²) in [4.78, 5) is 29.5. The molecule has 0 unspecified atom stereocenters. The average molecular weight is 369 g/mol. The van der Waals surface area contributed by atoms with Gasteiger partial charge in [-0.05, 0) is 43.7 Å². The molecular formula is C19H17ClN4O2. The van der Waals surface area contributed by atoms with E-state index in [9.17, 15) is 9.59 Å². The number of aromatic nitrogens is 2. The van der Waals surface area contributed by atoms with E-state index in [4.69, 9.17) is 11.6 Å². The topological polar surface area (TPSA) is 76.3 Å². The van der Waals surface area contributed by atoms with Crippen molar-refractivity contribution in [1.82, 2.24) is 15.0 Å². The van der Waals surface area contributed by atoms with Gasteiger partial charge in [0.1, 0.15) is 11.2 Å². The third kappa shape index (κ3) is 3.65. The van der Waals surface area contributed by atoms with Gasteiger partial charge in [-0.2, -0.15) is 5.10 Å². The van der Waals surface area contributed by atoms with Gasteiger partial charge < -0.3 is 4.57 Å². The number of fused-ring (bicyclic) bond motifs is 1. The number of carbonyl (C=O) groups excluding carboxylic acids is 1. The number of nitrogens with one attached hydrogen (secondary N) is 1. The number of amides is 1. The number of pyridine rings is 2. The second-order valence-electron chi connectivity index (χ2n) is 5.74. The number of hydrogen-bond donors (Lipinski definition) is 1. The van der Waals surface area contributed by atoms with Gasteiger partial charge in [-0.25, -0.2) is 10.4 Å². The molecule has 0 aliphatic carbocycles. The van der Waals surface area contributed by atoms with Crippen molar-refractivity contribution in [2.75, 3.05) is 0 Å². The lowest BCUT2D eigenvalue weighted by Gasteiger charge is -2.10. The Morgan fingerprint density at radius 2 is 2.15 bits per heavy atom. The van der Waals surface area contributed by atoms with Gasteiger partial charge in [0.25, 0.3) is 5.91 Å². The maximum Gasteiger partial charge on any atom is 0.276 e. The Hall–Kier alpha value is -2.99. The van der Waals surface area contributed by atoms with Crippen LogP contribution in [0.25, 0.3) is 11.0 Å². The molecule has 26 heavy (non-hydrogen) atoms. The zero-order valence-electron chi connectivity index (χ0n) is 14.4. The molecule has 2 aromatic heterocycles. The lowest BCUT2D eigenvalue weighted by Crippen LogP contribution is -2.27. The first-order valence-electron chi connectivity index (χ1n) is 8.09. The third-order valence-electron chi connectivity index (χ3n) is 3.87. The summed E-state index contributed by atoms with van der Waals surface area (Å²) in [6, 6.07) is 10.5. The van der Waals surface area contributed by atoms with Crippen LogP contribution in [0.2, 0.25) is 5.02 Å². The number of carbonyl (C=O) groups is 1. The Kier molecular flexibility index (Phi) is 5.14. The predicted octanol–water partition coefficient (Wildman–Crippen LogP) is 3.14. The fourth-order valence-corrected chi connectivity index (χ4v) is 2.77. The number of halogens is 1. The number of aryl methyl sites for hydroxylation is 2. The predicted molar refractivity (Wildman–Crippen MR) is 103 cm³/mol. The van der Waals surface area contributed by atoms with E-state index in [0.29, 0.717) is 22.6 Å². The molecule has 0 bridgehead atoms. The molecule has 3 aromatic rings. The van der Waals surface area contributed by atoms with Gasteiger partial charge in [0.05, 0.1) is 11.6 Å². The van der Waals surface area contributed by atoms with Crippen molar-refractivity contribution < 1.29 is 4.79 Å². The summed E-state index contributed by atoms with van der Waals surface area (Å²) in [5.41, 5.74) is 4.15. The lowest BCUT2D eigenvalue weighted by atomic mass is 10.1. The first-order chi connectivity index (χ1) is 12.5. The SMILES string of the molecule is CCn1cc(C(=O)N/N=C/c2cccc(Cl)c2)c(=O)c2ccc(C)nc21. The Bertz CT molecular complexity index is 1070. The van der Waals surface area contributed by atoms with Crippen molar-refractivity contribution in [3.8, 4) is 0 Å². The van der Waals surface area contributed by atoms with E-state index in [2.05, 4.69) is 15.5 Å². The van der Waals surface area contributed by atoms with E-state index in [-0.39, 0.29) is 11.0 Å². The molecule has 0 aliphatic rings. The van der Waals surface area contributed by atoms with Crippen LogP contribution in [0.4, 0.5) is 0 Å². The van der Waals surface area contributed by atoms with Crippen LogP contribution in [0.1, 0.15) is 28.5 Å². The molecule has 6 nitrogen and oxygen atoms in total. The molecule has 0 spiro atoms. The fourth-order valence-electron chi connectivity index (χ4n) is 2.58. The summed E-state index contributed by atoms with van der Waals surface area (Å²) in [6.45, 7) is 4.36. The van der Waals surface area contributed by atoms with Crippen LogP contribution < -0.4 is 10.9 Å². The standard InChI is InChI=1S/C19H17ClN4O2/c1-3-24-11-16(17(25)15-8-7-12(2)22-18(15)24)19(26)23-21-10-13-5-4-6-14(20)9-13/h4-11H,3H2,1-2H3,(H,23,26)/b21-10+. The molecule has 0 saturated heterocycles. The Balaban J connectivity index is 1.92. The van der Waals surface area contributed by atoms with E-state index in [1.165, 1.54) is 12.4 Å². The second kappa shape index (κ2) is 7.49. The van der Waals surface area contributed by atoms with E-state index >= 15 is 0 Å². The van der Waals surface area contributed by atoms with Gasteiger partial charge in [0.2, 0.25) is 5.43 Å². The minimum atomic E-state index is -0.571. The first-order valence-corrected chi connectivity index (χ1v) is 8.47. The Labute approximate surface area is 155 Å². The van der Waals surface area contributed by atoms with Crippen molar-refractivity contribution in [1.29, 1.82) is 0 Å². The van der Waals surface area contributed by atoms with E-state index in [1.807, 2.05) is 13.8 Å². The summed E-state index contributed by atoms with van der Waals surface area (Å²) in [5.74, 6) is -0.571. The third-order valence-corrected chi connectivity index (χ3v) is 4.11. The van der Waals surface area contributed by atoms with Gasteiger partial charge in [0.15, 0.2) is 0 Å². The molecule has 1 N–H and O–H groups in total. The molecule has 1 amide bonds. The van der Waals surface area contributed by atoms with Crippen LogP contribution in [0.3, 0.4) is 0 Å². The van der Waals surface area contributed by atoms with Crippen molar-refractivity contribution in [3.63, 3.8) is 0 Å². The highest BCUT2D eigenvalue weighted by molar-refractivity contribution is 6.30. The second-order valence-corrected chi connectivity index (χ2v) is 6.17. The largest absolute Gasteiger partial charge is 0.332 e. The van der Waals surface area contributed by atoms with E-state index < -0.39 is 5.91 Å². The fraction of sp³-hybridized carbons (Fsp3) is 0.158. The number of hydrazone groups is 1. The van der Waals surface area contributed by atoms with Crippen molar-refractivity contribution >= 4 is 34.8 Å². The molecule has 2 heterocycles. The lowest BCUT2D eigenvalue weighted by molar-refractivity contribution is 0.0953. The van der Waals surface area contributed by atoms with Gasteiger partial charge >= 0.3 is 0 Å². The molecule has 0 atom stereocenters. The monoisotopic (exact) mass is 368 g/mol. The van der Waals surface area contributed by atoms with Crippen LogP contribution >= 0.6 is 11.6 Å². The number of rotatable bonds is 4. The molecule has 0 saturated carbocycles. The van der Waals surface area contributed by atoms with Gasteiger partial charge in [-0.15, -0.1) is 0 Å². The maximum atomic E-state index is 12.6. The number of benzene rings is 1. The number of hydrogen-bond acceptors (Lipinski definition) is 4. The molecule has 0 fully saturated rings. The summed E-state index contributed by atoms with van der Waals surface area (Å²) < 4.78 is 1.78. The van der Waals surface area contributed by atoms with E-state index in [0.717, 1.165) is 11.3 Å². The van der Waals surface area contributed by atoms with Crippen LogP contribution in [0.15, 0.2) is 52.5 Å². The average Bonchev–Trinajstić information content (AvgIpc) is 2.62. The van der Waals surface area contributed by atoms with Crippen LogP contribution in [-0.4, -0.2) is 21.7 Å². The van der Waals surface area contributed by atoms with Gasteiger partial charge in [-0.1, -0.05) is 23.7 Å². The van der Waals surface area contributed by atoms with Crippen LogP contribution in [0, 0.1) is 6.92 Å². The smallest absolute Gasteiger partial charge is 0.276 e. The molecule has 7 heteroatoms. The Morgan fingerprint density at radius 1 is 1.35 bits per heavy atom. The molecule has 3 rings (SSSR count). The minimum Gasteiger partial charge on any atom is -0.332 e. The molecule has 0 aliphatic heterocycles. The van der Waals surface area contributed by atoms with Crippen LogP contribution in [-0.2, 0) is 6.54 Å². The first kappa shape index (κ1) is 17.8. The quantitative estimate of drug-likeness (QED) is 0.567. The highest BCUT2D eigenvalue weighted by atomic mass is 35.5. The highest BCUT2D eigenvalue weighted by Gasteiger charge is 2.15. The molecule has 132 valence electrons. The summed E-state index contributed by atoms with van der Waals surface area (Å²) in [5, 5.41) is 4.88. The summed E-state index contributed by atoms with van der Waals surface area (Å²) >= 11 is 5.90. The van der Waals surface area contributed by atoms with Crippen molar-refractivity contribution in [3.05, 3.63) is 74.7 Å². The summed E-state index contributed by atoms with van der Waals surface area (Å²) in [7, 11) is 0. The number of nitrogens with zero attached hydrogens (tertiary/aromatic N) is 3. The van der Waals surface area contributed by atoms with E-state index in [1.54, 1.807) is 41.0 Å². The maximum absolute atomic E-state index is 12.6. The van der Waals surface area contributed by atoms with Gasteiger partial charge in [-0.3, -0.25) is 9.59 Å². The molecular weight excluding hydrogens is 352 g/mol. The van der Waals surface area contributed by atoms with Gasteiger partial charge in [0, 0.05) is 23.5 Å². The van der Waals surface area contributed by atoms with Crippen molar-refractivity contribution in [2.45, 2.75) is 20.4 Å². The Morgan fingerprint density at radius 3 is 2.88 bits per heavy atom.